The smallest absolute Gasteiger partial charge is 0.106 e. The maximum absolute atomic E-state index is 9.43. The molecule has 1 aliphatic rings. The van der Waals surface area contributed by atoms with Crippen LogP contribution in [0.1, 0.15) is 20.3 Å². The minimum atomic E-state index is -0.705. The molecule has 1 heterocycles. The van der Waals surface area contributed by atoms with E-state index in [0.717, 1.165) is 0 Å². The van der Waals surface area contributed by atoms with Gasteiger partial charge in [0.1, 0.15) is 6.10 Å². The molecule has 0 amide bonds. The van der Waals surface area contributed by atoms with Gasteiger partial charge in [-0.25, -0.2) is 0 Å². The molecule has 0 aliphatic carbocycles. The molecular weight excluding hydrogens is 144 g/mol. The van der Waals surface area contributed by atoms with Crippen molar-refractivity contribution in [2.24, 2.45) is 5.92 Å². The highest BCUT2D eigenvalue weighted by molar-refractivity contribution is 4.82. The fraction of sp³-hybridized carbons (Fsp3) is 1.00. The van der Waals surface area contributed by atoms with Crippen molar-refractivity contribution in [1.82, 2.24) is 0 Å². The van der Waals surface area contributed by atoms with Crippen LogP contribution in [0.25, 0.3) is 0 Å². The first kappa shape index (κ1) is 8.97. The SMILES string of the molecule is CC(C)C1OCC[C@H](O)[C@@H]1O. The standard InChI is InChI=1S/C8H16O3/c1-5(2)8-7(10)6(9)3-4-11-8/h5-10H,3-4H2,1-2H3/t6-,7-,8?/m0/s1. The van der Waals surface area contributed by atoms with Crippen LogP contribution in [0.2, 0.25) is 0 Å². The molecule has 3 atom stereocenters. The molecule has 0 spiro atoms. The Balaban J connectivity index is 2.51. The van der Waals surface area contributed by atoms with Crippen molar-refractivity contribution >= 4 is 0 Å². The first-order chi connectivity index (χ1) is 5.13. The van der Waals surface area contributed by atoms with Crippen molar-refractivity contribution in [1.29, 1.82) is 0 Å². The molecule has 66 valence electrons. The van der Waals surface area contributed by atoms with E-state index in [4.69, 9.17) is 4.74 Å². The summed E-state index contributed by atoms with van der Waals surface area (Å²) in [6.45, 7) is 4.51. The Labute approximate surface area is 67.0 Å². The molecule has 1 aliphatic heterocycles. The van der Waals surface area contributed by atoms with Crippen molar-refractivity contribution < 1.29 is 14.9 Å². The summed E-state index contributed by atoms with van der Waals surface area (Å²) >= 11 is 0. The number of ether oxygens (including phenoxy) is 1. The van der Waals surface area contributed by atoms with Crippen LogP contribution in [0.4, 0.5) is 0 Å². The molecule has 1 rings (SSSR count). The third-order valence-corrected chi connectivity index (χ3v) is 2.11. The zero-order chi connectivity index (χ0) is 8.43. The van der Waals surface area contributed by atoms with Crippen LogP contribution < -0.4 is 0 Å². The van der Waals surface area contributed by atoms with Gasteiger partial charge in [0.15, 0.2) is 0 Å². The van der Waals surface area contributed by atoms with Crippen LogP contribution in [-0.2, 0) is 4.74 Å². The number of hydrogen-bond donors (Lipinski definition) is 2. The van der Waals surface area contributed by atoms with E-state index in [2.05, 4.69) is 0 Å². The summed E-state index contributed by atoms with van der Waals surface area (Å²) in [5.74, 6) is 0.264. The quantitative estimate of drug-likeness (QED) is 0.574. The van der Waals surface area contributed by atoms with Gasteiger partial charge >= 0.3 is 0 Å². The summed E-state index contributed by atoms with van der Waals surface area (Å²) in [4.78, 5) is 0. The van der Waals surface area contributed by atoms with E-state index in [1.165, 1.54) is 0 Å². The van der Waals surface area contributed by atoms with Crippen molar-refractivity contribution in [2.75, 3.05) is 6.61 Å². The molecule has 0 radical (unpaired) electrons. The zero-order valence-corrected chi connectivity index (χ0v) is 7.03. The van der Waals surface area contributed by atoms with E-state index in [9.17, 15) is 10.2 Å². The molecule has 0 aromatic carbocycles. The molecule has 1 saturated heterocycles. The first-order valence-electron chi connectivity index (χ1n) is 4.10. The minimum absolute atomic E-state index is 0.196. The third-order valence-electron chi connectivity index (χ3n) is 2.11. The van der Waals surface area contributed by atoms with Crippen molar-refractivity contribution in [3.63, 3.8) is 0 Å². The van der Waals surface area contributed by atoms with Crippen molar-refractivity contribution in [3.05, 3.63) is 0 Å². The number of rotatable bonds is 1. The van der Waals surface area contributed by atoms with Gasteiger partial charge in [-0.15, -0.1) is 0 Å². The number of hydrogen-bond acceptors (Lipinski definition) is 3. The highest BCUT2D eigenvalue weighted by atomic mass is 16.5. The molecule has 0 bridgehead atoms. The van der Waals surface area contributed by atoms with Gasteiger partial charge in [-0.2, -0.15) is 0 Å². The summed E-state index contributed by atoms with van der Waals surface area (Å²) in [7, 11) is 0. The topological polar surface area (TPSA) is 49.7 Å². The lowest BCUT2D eigenvalue weighted by molar-refractivity contribution is -0.149. The second-order valence-corrected chi connectivity index (χ2v) is 3.43. The Morgan fingerprint density at radius 1 is 1.36 bits per heavy atom. The third kappa shape index (κ3) is 1.92. The van der Waals surface area contributed by atoms with Gasteiger partial charge in [0.05, 0.1) is 12.2 Å². The molecule has 2 N–H and O–H groups in total. The Morgan fingerprint density at radius 3 is 2.45 bits per heavy atom. The largest absolute Gasteiger partial charge is 0.390 e. The lowest BCUT2D eigenvalue weighted by atomic mass is 9.94. The average molecular weight is 160 g/mol. The summed E-state index contributed by atoms with van der Waals surface area (Å²) in [5.41, 5.74) is 0. The molecule has 3 heteroatoms. The van der Waals surface area contributed by atoms with Gasteiger partial charge in [0.25, 0.3) is 0 Å². The Hall–Kier alpha value is -0.120. The Bertz CT molecular complexity index is 125. The monoisotopic (exact) mass is 160 g/mol. The van der Waals surface area contributed by atoms with Crippen LogP contribution in [-0.4, -0.2) is 35.1 Å². The van der Waals surface area contributed by atoms with Gasteiger partial charge in [-0.05, 0) is 12.3 Å². The summed E-state index contributed by atoms with van der Waals surface area (Å²) in [6.07, 6.45) is -0.955. The fourth-order valence-electron chi connectivity index (χ4n) is 1.40. The maximum atomic E-state index is 9.43. The van der Waals surface area contributed by atoms with E-state index in [1.54, 1.807) is 0 Å². The second kappa shape index (κ2) is 3.52. The lowest BCUT2D eigenvalue weighted by Gasteiger charge is -2.34. The number of aliphatic hydroxyl groups excluding tert-OH is 2. The van der Waals surface area contributed by atoms with Gasteiger partial charge in [-0.3, -0.25) is 0 Å². The van der Waals surface area contributed by atoms with Gasteiger partial charge in [0, 0.05) is 6.61 Å². The van der Waals surface area contributed by atoms with Crippen molar-refractivity contribution in [2.45, 2.75) is 38.6 Å². The normalized spacial score (nSPS) is 39.5. The van der Waals surface area contributed by atoms with Crippen molar-refractivity contribution in [3.8, 4) is 0 Å². The molecule has 3 nitrogen and oxygen atoms in total. The molecule has 0 aromatic rings. The van der Waals surface area contributed by atoms with Gasteiger partial charge < -0.3 is 14.9 Å². The minimum Gasteiger partial charge on any atom is -0.390 e. The fourth-order valence-corrected chi connectivity index (χ4v) is 1.40. The lowest BCUT2D eigenvalue weighted by Crippen LogP contribution is -2.46. The predicted octanol–water partition coefficient (Wildman–Crippen LogP) is 0.153. The van der Waals surface area contributed by atoms with Crippen LogP contribution in [0, 0.1) is 5.92 Å². The summed E-state index contributed by atoms with van der Waals surface area (Å²) in [5, 5.41) is 18.7. The van der Waals surface area contributed by atoms with E-state index < -0.39 is 12.2 Å². The van der Waals surface area contributed by atoms with E-state index >= 15 is 0 Å². The van der Waals surface area contributed by atoms with E-state index in [0.29, 0.717) is 13.0 Å². The highest BCUT2D eigenvalue weighted by Crippen LogP contribution is 2.20. The second-order valence-electron chi connectivity index (χ2n) is 3.43. The van der Waals surface area contributed by atoms with E-state index in [1.807, 2.05) is 13.8 Å². The molecule has 0 saturated carbocycles. The maximum Gasteiger partial charge on any atom is 0.106 e. The Morgan fingerprint density at radius 2 is 2.00 bits per heavy atom. The van der Waals surface area contributed by atoms with Crippen LogP contribution in [0.3, 0.4) is 0 Å². The molecular formula is C8H16O3. The van der Waals surface area contributed by atoms with Crippen LogP contribution in [0.15, 0.2) is 0 Å². The van der Waals surface area contributed by atoms with E-state index in [-0.39, 0.29) is 12.0 Å². The summed E-state index contributed by atoms with van der Waals surface area (Å²) in [6, 6.07) is 0. The predicted molar refractivity (Wildman–Crippen MR) is 41.2 cm³/mol. The highest BCUT2D eigenvalue weighted by Gasteiger charge is 2.32. The van der Waals surface area contributed by atoms with Crippen LogP contribution in [0.5, 0.6) is 0 Å². The number of aliphatic hydroxyl groups is 2. The first-order valence-corrected chi connectivity index (χ1v) is 4.10. The molecule has 0 aromatic heterocycles. The molecule has 1 unspecified atom stereocenters. The molecule has 1 fully saturated rings. The van der Waals surface area contributed by atoms with Gasteiger partial charge in [0.2, 0.25) is 0 Å². The molecule has 11 heavy (non-hydrogen) atoms. The zero-order valence-electron chi connectivity index (χ0n) is 7.03. The summed E-state index contributed by atoms with van der Waals surface area (Å²) < 4.78 is 5.31. The Kier molecular flexibility index (Phi) is 2.87. The average Bonchev–Trinajstić information content (AvgIpc) is 1.94. The van der Waals surface area contributed by atoms with Crippen LogP contribution >= 0.6 is 0 Å². The van der Waals surface area contributed by atoms with Gasteiger partial charge in [-0.1, -0.05) is 13.8 Å².